The van der Waals surface area contributed by atoms with Crippen LogP contribution in [0.2, 0.25) is 0 Å². The predicted molar refractivity (Wildman–Crippen MR) is 92.4 cm³/mol. The third-order valence-electron chi connectivity index (χ3n) is 3.59. The molecule has 122 valence electrons. The quantitative estimate of drug-likeness (QED) is 0.801. The molecular formula is C18H18N4O2. The number of aryl methyl sites for hydroxylation is 1. The van der Waals surface area contributed by atoms with Crippen molar-refractivity contribution in [1.29, 1.82) is 0 Å². The first-order valence-electron chi connectivity index (χ1n) is 7.53. The zero-order valence-corrected chi connectivity index (χ0v) is 13.8. The summed E-state index contributed by atoms with van der Waals surface area (Å²) in [6.45, 7) is 3.51. The Labute approximate surface area is 140 Å². The van der Waals surface area contributed by atoms with Gasteiger partial charge < -0.3 is 10.1 Å². The van der Waals surface area contributed by atoms with Crippen LogP contribution in [-0.4, -0.2) is 27.8 Å². The highest BCUT2D eigenvalue weighted by Gasteiger charge is 2.15. The van der Waals surface area contributed by atoms with Crippen molar-refractivity contribution in [2.45, 2.75) is 13.8 Å². The number of amides is 1. The van der Waals surface area contributed by atoms with Crippen LogP contribution >= 0.6 is 0 Å². The van der Waals surface area contributed by atoms with Gasteiger partial charge in [0.2, 0.25) is 5.91 Å². The van der Waals surface area contributed by atoms with E-state index in [0.717, 1.165) is 22.5 Å². The molecule has 1 heterocycles. The Hall–Kier alpha value is -3.15. The third-order valence-corrected chi connectivity index (χ3v) is 3.59. The van der Waals surface area contributed by atoms with Crippen LogP contribution in [-0.2, 0) is 4.79 Å². The summed E-state index contributed by atoms with van der Waals surface area (Å²) in [5, 5.41) is 7.15. The van der Waals surface area contributed by atoms with Gasteiger partial charge in [-0.05, 0) is 36.8 Å². The SMILES string of the molecule is COc1nc(-c2ccccc2C)n(-c2ccc(NC(C)=O)cc2)n1. The number of ether oxygens (including phenoxy) is 1. The number of hydrogen-bond acceptors (Lipinski definition) is 4. The summed E-state index contributed by atoms with van der Waals surface area (Å²) in [4.78, 5) is 15.6. The van der Waals surface area contributed by atoms with Gasteiger partial charge in [0, 0.05) is 18.2 Å². The minimum Gasteiger partial charge on any atom is -0.466 e. The molecule has 3 aromatic rings. The lowest BCUT2D eigenvalue weighted by atomic mass is 10.1. The van der Waals surface area contributed by atoms with Crippen molar-refractivity contribution in [3.8, 4) is 23.1 Å². The highest BCUT2D eigenvalue weighted by molar-refractivity contribution is 5.88. The second kappa shape index (κ2) is 6.54. The molecule has 0 spiro atoms. The van der Waals surface area contributed by atoms with Crippen molar-refractivity contribution in [2.75, 3.05) is 12.4 Å². The average Bonchev–Trinajstić information content (AvgIpc) is 2.99. The van der Waals surface area contributed by atoms with E-state index in [2.05, 4.69) is 15.4 Å². The zero-order chi connectivity index (χ0) is 17.1. The summed E-state index contributed by atoms with van der Waals surface area (Å²) in [5.41, 5.74) is 3.65. The summed E-state index contributed by atoms with van der Waals surface area (Å²) in [6.07, 6.45) is 0. The molecule has 0 aliphatic rings. The Balaban J connectivity index is 2.06. The monoisotopic (exact) mass is 322 g/mol. The van der Waals surface area contributed by atoms with Crippen LogP contribution in [0.5, 0.6) is 6.01 Å². The van der Waals surface area contributed by atoms with Crippen molar-refractivity contribution >= 4 is 11.6 Å². The standard InChI is InChI=1S/C18H18N4O2/c1-12-6-4-5-7-16(12)17-20-18(24-3)21-22(17)15-10-8-14(9-11-15)19-13(2)23/h4-11H,1-3H3,(H,19,23). The lowest BCUT2D eigenvalue weighted by Crippen LogP contribution is -2.06. The van der Waals surface area contributed by atoms with Gasteiger partial charge in [0.1, 0.15) is 0 Å². The summed E-state index contributed by atoms with van der Waals surface area (Å²) < 4.78 is 6.93. The van der Waals surface area contributed by atoms with E-state index in [-0.39, 0.29) is 5.91 Å². The Bertz CT molecular complexity index is 869. The molecule has 3 rings (SSSR count). The second-order valence-corrected chi connectivity index (χ2v) is 5.38. The molecule has 0 radical (unpaired) electrons. The molecule has 0 aliphatic heterocycles. The van der Waals surface area contributed by atoms with Gasteiger partial charge in [-0.3, -0.25) is 4.79 Å². The maximum Gasteiger partial charge on any atom is 0.336 e. The van der Waals surface area contributed by atoms with Crippen LogP contribution in [0.15, 0.2) is 48.5 Å². The number of anilines is 1. The van der Waals surface area contributed by atoms with E-state index in [0.29, 0.717) is 11.8 Å². The molecule has 6 heteroatoms. The molecule has 0 saturated carbocycles. The molecule has 0 saturated heterocycles. The predicted octanol–water partition coefficient (Wildman–Crippen LogP) is 3.21. The largest absolute Gasteiger partial charge is 0.466 e. The van der Waals surface area contributed by atoms with Crippen molar-refractivity contribution in [2.24, 2.45) is 0 Å². The van der Waals surface area contributed by atoms with Crippen LogP contribution in [0.1, 0.15) is 12.5 Å². The number of nitrogens with one attached hydrogen (secondary N) is 1. The smallest absolute Gasteiger partial charge is 0.336 e. The highest BCUT2D eigenvalue weighted by atomic mass is 16.5. The van der Waals surface area contributed by atoms with E-state index in [9.17, 15) is 4.79 Å². The van der Waals surface area contributed by atoms with E-state index < -0.39 is 0 Å². The fourth-order valence-corrected chi connectivity index (χ4v) is 2.45. The van der Waals surface area contributed by atoms with Crippen molar-refractivity contribution in [3.63, 3.8) is 0 Å². The van der Waals surface area contributed by atoms with Crippen LogP contribution in [0, 0.1) is 6.92 Å². The maximum absolute atomic E-state index is 11.1. The average molecular weight is 322 g/mol. The molecule has 0 atom stereocenters. The van der Waals surface area contributed by atoms with Crippen molar-refractivity contribution in [1.82, 2.24) is 14.8 Å². The van der Waals surface area contributed by atoms with Crippen molar-refractivity contribution in [3.05, 3.63) is 54.1 Å². The number of aromatic nitrogens is 3. The molecule has 0 unspecified atom stereocenters. The molecule has 0 aliphatic carbocycles. The Morgan fingerprint density at radius 1 is 1.12 bits per heavy atom. The maximum atomic E-state index is 11.1. The molecular weight excluding hydrogens is 304 g/mol. The highest BCUT2D eigenvalue weighted by Crippen LogP contribution is 2.26. The van der Waals surface area contributed by atoms with Gasteiger partial charge in [0.15, 0.2) is 5.82 Å². The topological polar surface area (TPSA) is 69.0 Å². The third kappa shape index (κ3) is 3.12. The summed E-state index contributed by atoms with van der Waals surface area (Å²) in [6, 6.07) is 15.7. The van der Waals surface area contributed by atoms with Gasteiger partial charge in [0.05, 0.1) is 12.8 Å². The van der Waals surface area contributed by atoms with E-state index in [1.165, 1.54) is 6.92 Å². The van der Waals surface area contributed by atoms with Crippen LogP contribution in [0.3, 0.4) is 0 Å². The molecule has 0 fully saturated rings. The fraction of sp³-hybridized carbons (Fsp3) is 0.167. The lowest BCUT2D eigenvalue weighted by Gasteiger charge is -2.09. The van der Waals surface area contributed by atoms with Gasteiger partial charge in [-0.15, -0.1) is 5.10 Å². The molecule has 0 bridgehead atoms. The Kier molecular flexibility index (Phi) is 4.29. The van der Waals surface area contributed by atoms with E-state index >= 15 is 0 Å². The van der Waals surface area contributed by atoms with Crippen molar-refractivity contribution < 1.29 is 9.53 Å². The van der Waals surface area contributed by atoms with Gasteiger partial charge in [0.25, 0.3) is 0 Å². The molecule has 2 aromatic carbocycles. The summed E-state index contributed by atoms with van der Waals surface area (Å²) in [7, 11) is 1.54. The molecule has 1 aromatic heterocycles. The van der Waals surface area contributed by atoms with E-state index in [1.54, 1.807) is 11.8 Å². The minimum atomic E-state index is -0.106. The summed E-state index contributed by atoms with van der Waals surface area (Å²) in [5.74, 6) is 0.600. The first kappa shape index (κ1) is 15.7. The fourth-order valence-electron chi connectivity index (χ4n) is 2.45. The van der Waals surface area contributed by atoms with Crippen LogP contribution in [0.4, 0.5) is 5.69 Å². The van der Waals surface area contributed by atoms with E-state index in [1.807, 2.05) is 55.5 Å². The van der Waals surface area contributed by atoms with Gasteiger partial charge in [-0.25, -0.2) is 4.68 Å². The number of carbonyl (C=O) groups excluding carboxylic acids is 1. The van der Waals surface area contributed by atoms with Crippen LogP contribution in [0.25, 0.3) is 17.1 Å². The lowest BCUT2D eigenvalue weighted by molar-refractivity contribution is -0.114. The minimum absolute atomic E-state index is 0.106. The normalized spacial score (nSPS) is 10.5. The van der Waals surface area contributed by atoms with Crippen LogP contribution < -0.4 is 10.1 Å². The number of carbonyl (C=O) groups is 1. The molecule has 1 N–H and O–H groups in total. The van der Waals surface area contributed by atoms with Gasteiger partial charge >= 0.3 is 6.01 Å². The second-order valence-electron chi connectivity index (χ2n) is 5.38. The number of nitrogens with zero attached hydrogens (tertiary/aromatic N) is 3. The van der Waals surface area contributed by atoms with Gasteiger partial charge in [-0.2, -0.15) is 4.98 Å². The zero-order valence-electron chi connectivity index (χ0n) is 13.8. The first-order valence-corrected chi connectivity index (χ1v) is 7.53. The molecule has 1 amide bonds. The van der Waals surface area contributed by atoms with Gasteiger partial charge in [-0.1, -0.05) is 24.3 Å². The Morgan fingerprint density at radius 3 is 2.46 bits per heavy atom. The van der Waals surface area contributed by atoms with E-state index in [4.69, 9.17) is 4.74 Å². The molecule has 6 nitrogen and oxygen atoms in total. The number of rotatable bonds is 4. The Morgan fingerprint density at radius 2 is 1.83 bits per heavy atom. The number of hydrogen-bond donors (Lipinski definition) is 1. The number of methoxy groups -OCH3 is 1. The number of benzene rings is 2. The molecule has 24 heavy (non-hydrogen) atoms. The summed E-state index contributed by atoms with van der Waals surface area (Å²) >= 11 is 0. The first-order chi connectivity index (χ1) is 11.6.